The van der Waals surface area contributed by atoms with Gasteiger partial charge >= 0.3 is 5.97 Å². The first-order chi connectivity index (χ1) is 11.0. The van der Waals surface area contributed by atoms with Crippen molar-refractivity contribution < 1.29 is 19.5 Å². The Labute approximate surface area is 135 Å². The first-order valence-corrected chi connectivity index (χ1v) is 7.87. The molecule has 1 fully saturated rings. The van der Waals surface area contributed by atoms with Gasteiger partial charge in [0.05, 0.1) is 0 Å². The summed E-state index contributed by atoms with van der Waals surface area (Å²) < 4.78 is 0. The molecular weight excluding hydrogens is 296 g/mol. The monoisotopic (exact) mass is 318 g/mol. The van der Waals surface area contributed by atoms with Crippen LogP contribution in [-0.4, -0.2) is 35.5 Å². The number of hydrogen-bond acceptors (Lipinski definition) is 3. The molecule has 1 aliphatic carbocycles. The first-order valence-electron chi connectivity index (χ1n) is 7.87. The minimum atomic E-state index is -1.10. The second kappa shape index (κ2) is 7.76. The van der Waals surface area contributed by atoms with Crippen molar-refractivity contribution in [3.63, 3.8) is 0 Å². The van der Waals surface area contributed by atoms with Gasteiger partial charge in [-0.1, -0.05) is 31.0 Å². The first kappa shape index (κ1) is 17.0. The Kier molecular flexibility index (Phi) is 5.73. The normalized spacial score (nSPS) is 15.9. The molecule has 0 aliphatic heterocycles. The third-order valence-electron chi connectivity index (χ3n) is 4.08. The van der Waals surface area contributed by atoms with Crippen LogP contribution in [0.1, 0.15) is 32.6 Å². The summed E-state index contributed by atoms with van der Waals surface area (Å²) >= 11 is 0. The lowest BCUT2D eigenvalue weighted by molar-refractivity contribution is -0.137. The highest BCUT2D eigenvalue weighted by Gasteiger charge is 2.28. The van der Waals surface area contributed by atoms with Gasteiger partial charge in [0.1, 0.15) is 12.6 Å². The molecule has 1 unspecified atom stereocenters. The van der Waals surface area contributed by atoms with Crippen LogP contribution in [0.2, 0.25) is 0 Å². The Morgan fingerprint density at radius 2 is 1.83 bits per heavy atom. The van der Waals surface area contributed by atoms with Crippen LogP contribution in [0.5, 0.6) is 0 Å². The summed E-state index contributed by atoms with van der Waals surface area (Å²) in [5, 5.41) is 11.8. The summed E-state index contributed by atoms with van der Waals surface area (Å²) in [5.74, 6) is -1.68. The number of carboxylic acid groups (broad SMARTS) is 1. The van der Waals surface area contributed by atoms with Crippen LogP contribution in [0, 0.1) is 5.92 Å². The molecule has 0 bridgehead atoms. The summed E-state index contributed by atoms with van der Waals surface area (Å²) in [5.41, 5.74) is 0.502. The van der Waals surface area contributed by atoms with E-state index in [0.717, 1.165) is 25.7 Å². The van der Waals surface area contributed by atoms with Gasteiger partial charge in [-0.2, -0.15) is 0 Å². The molecule has 2 rings (SSSR count). The molecule has 124 valence electrons. The Bertz CT molecular complexity index is 567. The average Bonchev–Trinajstić information content (AvgIpc) is 3.07. The summed E-state index contributed by atoms with van der Waals surface area (Å²) in [6.45, 7) is 1.15. The van der Waals surface area contributed by atoms with Gasteiger partial charge < -0.3 is 10.4 Å². The fourth-order valence-electron chi connectivity index (χ4n) is 2.85. The van der Waals surface area contributed by atoms with E-state index in [1.54, 1.807) is 37.3 Å². The number of rotatable bonds is 6. The van der Waals surface area contributed by atoms with E-state index in [1.807, 2.05) is 0 Å². The molecule has 23 heavy (non-hydrogen) atoms. The highest BCUT2D eigenvalue weighted by Crippen LogP contribution is 2.25. The number of benzene rings is 1. The van der Waals surface area contributed by atoms with Crippen LogP contribution in [0.3, 0.4) is 0 Å². The number of amides is 2. The molecule has 0 heterocycles. The van der Waals surface area contributed by atoms with E-state index >= 15 is 0 Å². The van der Waals surface area contributed by atoms with Crippen LogP contribution < -0.4 is 10.2 Å². The zero-order chi connectivity index (χ0) is 16.8. The molecule has 0 aromatic heterocycles. The molecule has 1 aliphatic rings. The maximum Gasteiger partial charge on any atom is 0.323 e. The minimum Gasteiger partial charge on any atom is -0.480 e. The number of aliphatic carboxylic acids is 1. The Balaban J connectivity index is 2.06. The average molecular weight is 318 g/mol. The molecule has 1 aromatic rings. The van der Waals surface area contributed by atoms with Crippen molar-refractivity contribution in [2.45, 2.75) is 38.6 Å². The largest absolute Gasteiger partial charge is 0.480 e. The smallest absolute Gasteiger partial charge is 0.323 e. The Hall–Kier alpha value is -2.37. The number of carboxylic acids is 1. The van der Waals surface area contributed by atoms with Gasteiger partial charge in [0.25, 0.3) is 0 Å². The third-order valence-corrected chi connectivity index (χ3v) is 4.08. The molecular formula is C17H22N2O4. The molecule has 6 heteroatoms. The van der Waals surface area contributed by atoms with Gasteiger partial charge in [-0.25, -0.2) is 0 Å². The Morgan fingerprint density at radius 1 is 1.22 bits per heavy atom. The van der Waals surface area contributed by atoms with E-state index in [2.05, 4.69) is 5.32 Å². The van der Waals surface area contributed by atoms with Gasteiger partial charge in [-0.05, 0) is 31.9 Å². The predicted octanol–water partition coefficient (Wildman–Crippen LogP) is 1.80. The maximum atomic E-state index is 12.6. The quantitative estimate of drug-likeness (QED) is 0.837. The predicted molar refractivity (Wildman–Crippen MR) is 86.0 cm³/mol. The number of hydrogen-bond donors (Lipinski definition) is 2. The lowest BCUT2D eigenvalue weighted by atomic mass is 10.1. The lowest BCUT2D eigenvalue weighted by Gasteiger charge is -2.25. The van der Waals surface area contributed by atoms with Crippen molar-refractivity contribution in [1.29, 1.82) is 0 Å². The van der Waals surface area contributed by atoms with Crippen LogP contribution in [0.15, 0.2) is 30.3 Å². The second-order valence-corrected chi connectivity index (χ2v) is 5.87. The number of nitrogens with one attached hydrogen (secondary N) is 1. The van der Waals surface area contributed by atoms with Crippen molar-refractivity contribution in [3.05, 3.63) is 30.3 Å². The summed E-state index contributed by atoms with van der Waals surface area (Å²) in [6, 6.07) is 7.85. The highest BCUT2D eigenvalue weighted by atomic mass is 16.4. The van der Waals surface area contributed by atoms with Crippen LogP contribution in [0.4, 0.5) is 5.69 Å². The second-order valence-electron chi connectivity index (χ2n) is 5.87. The molecule has 0 spiro atoms. The zero-order valence-corrected chi connectivity index (χ0v) is 13.2. The highest BCUT2D eigenvalue weighted by molar-refractivity contribution is 6.01. The van der Waals surface area contributed by atoms with Crippen molar-refractivity contribution in [1.82, 2.24) is 5.32 Å². The molecule has 0 saturated heterocycles. The minimum absolute atomic E-state index is 0.0325. The number of para-hydroxylation sites is 1. The Morgan fingerprint density at radius 3 is 2.39 bits per heavy atom. The van der Waals surface area contributed by atoms with E-state index < -0.39 is 24.5 Å². The molecule has 6 nitrogen and oxygen atoms in total. The number of nitrogens with zero attached hydrogens (tertiary/aromatic N) is 1. The summed E-state index contributed by atoms with van der Waals surface area (Å²) in [4.78, 5) is 37.0. The number of carbonyl (C=O) groups is 3. The van der Waals surface area contributed by atoms with Crippen molar-refractivity contribution in [2.24, 2.45) is 5.92 Å². The van der Waals surface area contributed by atoms with Crippen molar-refractivity contribution in [2.75, 3.05) is 11.4 Å². The number of carbonyl (C=O) groups excluding carboxylic acids is 2. The SMILES string of the molecule is CC(NC(=O)C1CCCC1)C(=O)N(CC(=O)O)c1ccccc1. The van der Waals surface area contributed by atoms with Gasteiger partial charge in [0, 0.05) is 11.6 Å². The molecule has 1 atom stereocenters. The van der Waals surface area contributed by atoms with E-state index in [1.165, 1.54) is 4.90 Å². The summed E-state index contributed by atoms with van der Waals surface area (Å²) in [6.07, 6.45) is 3.78. The van der Waals surface area contributed by atoms with Crippen LogP contribution in [0.25, 0.3) is 0 Å². The molecule has 1 saturated carbocycles. The standard InChI is InChI=1S/C17H22N2O4/c1-12(18-16(22)13-7-5-6-8-13)17(23)19(11-15(20)21)14-9-3-2-4-10-14/h2-4,9-10,12-13H,5-8,11H2,1H3,(H,18,22)(H,20,21). The van der Waals surface area contributed by atoms with E-state index in [0.29, 0.717) is 5.69 Å². The third kappa shape index (κ3) is 4.55. The zero-order valence-electron chi connectivity index (χ0n) is 13.2. The van der Waals surface area contributed by atoms with Crippen LogP contribution in [-0.2, 0) is 14.4 Å². The molecule has 0 radical (unpaired) electrons. The maximum absolute atomic E-state index is 12.6. The van der Waals surface area contributed by atoms with Crippen LogP contribution >= 0.6 is 0 Å². The van der Waals surface area contributed by atoms with Gasteiger partial charge in [-0.15, -0.1) is 0 Å². The van der Waals surface area contributed by atoms with Crippen molar-refractivity contribution in [3.8, 4) is 0 Å². The fraction of sp³-hybridized carbons (Fsp3) is 0.471. The molecule has 2 N–H and O–H groups in total. The van der Waals surface area contributed by atoms with E-state index in [9.17, 15) is 14.4 Å². The molecule has 2 amide bonds. The van der Waals surface area contributed by atoms with Gasteiger partial charge in [0.2, 0.25) is 11.8 Å². The molecule has 1 aromatic carbocycles. The fourth-order valence-corrected chi connectivity index (χ4v) is 2.85. The van der Waals surface area contributed by atoms with Gasteiger partial charge in [-0.3, -0.25) is 19.3 Å². The lowest BCUT2D eigenvalue weighted by Crippen LogP contribution is -2.49. The van der Waals surface area contributed by atoms with Crippen molar-refractivity contribution >= 4 is 23.5 Å². The van der Waals surface area contributed by atoms with Gasteiger partial charge in [0.15, 0.2) is 0 Å². The van der Waals surface area contributed by atoms with E-state index in [4.69, 9.17) is 5.11 Å². The number of anilines is 1. The van der Waals surface area contributed by atoms with E-state index in [-0.39, 0.29) is 11.8 Å². The summed E-state index contributed by atoms with van der Waals surface area (Å²) in [7, 11) is 0. The topological polar surface area (TPSA) is 86.7 Å².